The number of rotatable bonds is 9. The molecule has 0 saturated heterocycles. The highest BCUT2D eigenvalue weighted by Gasteiger charge is 2.29. The zero-order valence-corrected chi connectivity index (χ0v) is 17.8. The van der Waals surface area contributed by atoms with E-state index < -0.39 is 11.6 Å². The van der Waals surface area contributed by atoms with E-state index >= 15 is 0 Å². The molecule has 0 amide bonds. The van der Waals surface area contributed by atoms with E-state index in [0.29, 0.717) is 5.75 Å². The first-order valence-electron chi connectivity index (χ1n) is 10.1. The normalized spacial score (nSPS) is 13.8. The number of nitrogens with zero attached hydrogens (tertiary/aromatic N) is 2. The maximum Gasteiger partial charge on any atom is 0.347 e. The second-order valence-corrected chi connectivity index (χ2v) is 8.09. The number of hydrogen-bond donors (Lipinski definition) is 2. The summed E-state index contributed by atoms with van der Waals surface area (Å²) in [5.41, 5.74) is 7.33. The Labute approximate surface area is 177 Å². The van der Waals surface area contributed by atoms with Gasteiger partial charge < -0.3 is 9.84 Å². The van der Waals surface area contributed by atoms with Gasteiger partial charge in [0.15, 0.2) is 5.60 Å². The lowest BCUT2D eigenvalue weighted by atomic mass is 10.0. The van der Waals surface area contributed by atoms with Gasteiger partial charge in [0.25, 0.3) is 0 Å². The number of nitrogens with one attached hydrogen (secondary N) is 1. The SMILES string of the molecule is C=C1C(CCCc2ccc(OC(C)(C)C(=O)O)cc2)=NNN1Cc1ccc(C)cc1. The number of ether oxygens (including phenoxy) is 1. The van der Waals surface area contributed by atoms with Gasteiger partial charge in [0, 0.05) is 0 Å². The molecule has 6 nitrogen and oxygen atoms in total. The summed E-state index contributed by atoms with van der Waals surface area (Å²) >= 11 is 0. The minimum absolute atomic E-state index is 0.552. The summed E-state index contributed by atoms with van der Waals surface area (Å²) in [5, 5.41) is 15.6. The van der Waals surface area contributed by atoms with Gasteiger partial charge in [-0.2, -0.15) is 5.10 Å². The molecule has 2 N–H and O–H groups in total. The lowest BCUT2D eigenvalue weighted by Gasteiger charge is -2.21. The minimum Gasteiger partial charge on any atom is -0.478 e. The second kappa shape index (κ2) is 9.03. The highest BCUT2D eigenvalue weighted by molar-refractivity contribution is 5.99. The molecular formula is C24H29N3O3. The Morgan fingerprint density at radius 3 is 2.37 bits per heavy atom. The Kier molecular flexibility index (Phi) is 6.45. The Morgan fingerprint density at radius 1 is 1.10 bits per heavy atom. The van der Waals surface area contributed by atoms with E-state index in [0.717, 1.165) is 37.2 Å². The van der Waals surface area contributed by atoms with E-state index in [4.69, 9.17) is 9.84 Å². The number of carbonyl (C=O) groups is 1. The Morgan fingerprint density at radius 2 is 1.73 bits per heavy atom. The minimum atomic E-state index is -1.25. The molecule has 6 heteroatoms. The number of aliphatic carboxylic acids is 1. The van der Waals surface area contributed by atoms with Gasteiger partial charge in [0.05, 0.1) is 18.0 Å². The van der Waals surface area contributed by atoms with Gasteiger partial charge in [0.2, 0.25) is 0 Å². The Balaban J connectivity index is 1.45. The summed E-state index contributed by atoms with van der Waals surface area (Å²) in [4.78, 5) is 11.2. The standard InChI is InChI=1S/C24H29N3O3/c1-17-8-10-20(11-9-17)16-27-18(2)22(25-26-27)7-5-6-19-12-14-21(15-13-19)30-24(3,4)23(28)29/h8-15,26H,2,5-7,16H2,1,3-4H3,(H,28,29). The molecule has 3 rings (SSSR count). The van der Waals surface area contributed by atoms with Crippen LogP contribution in [-0.4, -0.2) is 27.4 Å². The number of carboxylic acids is 1. The number of hydrogen-bond acceptors (Lipinski definition) is 5. The van der Waals surface area contributed by atoms with Crippen LogP contribution in [0.2, 0.25) is 0 Å². The van der Waals surface area contributed by atoms with Crippen LogP contribution in [-0.2, 0) is 17.8 Å². The largest absolute Gasteiger partial charge is 0.478 e. The third-order valence-corrected chi connectivity index (χ3v) is 5.12. The second-order valence-electron chi connectivity index (χ2n) is 8.09. The zero-order valence-electron chi connectivity index (χ0n) is 17.8. The number of benzene rings is 2. The topological polar surface area (TPSA) is 74.2 Å². The molecule has 0 spiro atoms. The van der Waals surface area contributed by atoms with Crippen LogP contribution >= 0.6 is 0 Å². The van der Waals surface area contributed by atoms with Crippen molar-refractivity contribution < 1.29 is 14.6 Å². The first kappa shape index (κ1) is 21.4. The van der Waals surface area contributed by atoms with Crippen molar-refractivity contribution in [2.75, 3.05) is 0 Å². The van der Waals surface area contributed by atoms with Crippen LogP contribution in [0.3, 0.4) is 0 Å². The fourth-order valence-corrected chi connectivity index (χ4v) is 3.13. The van der Waals surface area contributed by atoms with Crippen LogP contribution in [0.1, 0.15) is 43.4 Å². The summed E-state index contributed by atoms with van der Waals surface area (Å²) < 4.78 is 5.54. The van der Waals surface area contributed by atoms with E-state index in [-0.39, 0.29) is 0 Å². The number of carboxylic acid groups (broad SMARTS) is 1. The zero-order chi connectivity index (χ0) is 21.7. The number of hydrazine groups is 1. The van der Waals surface area contributed by atoms with Crippen LogP contribution in [0.4, 0.5) is 0 Å². The molecular weight excluding hydrogens is 378 g/mol. The van der Waals surface area contributed by atoms with Crippen molar-refractivity contribution in [2.45, 2.75) is 52.2 Å². The van der Waals surface area contributed by atoms with Crippen LogP contribution in [0.25, 0.3) is 0 Å². The molecule has 30 heavy (non-hydrogen) atoms. The van der Waals surface area contributed by atoms with Gasteiger partial charge in [-0.1, -0.05) is 48.5 Å². The summed E-state index contributed by atoms with van der Waals surface area (Å²) in [6, 6.07) is 16.0. The molecule has 0 radical (unpaired) electrons. The van der Waals surface area contributed by atoms with E-state index in [9.17, 15) is 4.79 Å². The van der Waals surface area contributed by atoms with Crippen molar-refractivity contribution >= 4 is 11.7 Å². The van der Waals surface area contributed by atoms with Crippen LogP contribution in [0.15, 0.2) is 65.9 Å². The van der Waals surface area contributed by atoms with Gasteiger partial charge in [-0.3, -0.25) is 5.01 Å². The van der Waals surface area contributed by atoms with Gasteiger partial charge in [-0.15, -0.1) is 0 Å². The van der Waals surface area contributed by atoms with Crippen LogP contribution < -0.4 is 10.3 Å². The molecule has 1 heterocycles. The smallest absolute Gasteiger partial charge is 0.347 e. The molecule has 0 aromatic heterocycles. The Hall–Kier alpha value is -3.28. The quantitative estimate of drug-likeness (QED) is 0.642. The number of allylic oxidation sites excluding steroid dienone is 1. The molecule has 0 unspecified atom stereocenters. The first-order chi connectivity index (χ1) is 14.2. The molecule has 0 atom stereocenters. The van der Waals surface area contributed by atoms with Crippen molar-refractivity contribution in [3.63, 3.8) is 0 Å². The fraction of sp³-hybridized carbons (Fsp3) is 0.333. The van der Waals surface area contributed by atoms with E-state index in [2.05, 4.69) is 48.4 Å². The van der Waals surface area contributed by atoms with Crippen molar-refractivity contribution in [1.82, 2.24) is 10.5 Å². The molecule has 2 aromatic carbocycles. The first-order valence-corrected chi connectivity index (χ1v) is 10.1. The maximum absolute atomic E-state index is 11.2. The summed E-state index contributed by atoms with van der Waals surface area (Å²) in [6.07, 6.45) is 2.67. The summed E-state index contributed by atoms with van der Waals surface area (Å²) in [6.45, 7) is 10.1. The monoisotopic (exact) mass is 407 g/mol. The average Bonchev–Trinajstić information content (AvgIpc) is 3.04. The predicted octanol–water partition coefficient (Wildman–Crippen LogP) is 4.45. The molecule has 0 saturated carbocycles. The summed E-state index contributed by atoms with van der Waals surface area (Å²) in [5.74, 6) is -0.440. The van der Waals surface area contributed by atoms with E-state index in [1.807, 2.05) is 29.3 Å². The average molecular weight is 408 g/mol. The molecule has 1 aliphatic rings. The van der Waals surface area contributed by atoms with Gasteiger partial charge in [-0.25, -0.2) is 10.3 Å². The lowest BCUT2D eigenvalue weighted by Crippen LogP contribution is -2.37. The molecule has 1 aliphatic heterocycles. The van der Waals surface area contributed by atoms with Crippen LogP contribution in [0.5, 0.6) is 5.75 Å². The number of hydrazone groups is 1. The van der Waals surface area contributed by atoms with Crippen molar-refractivity contribution in [2.24, 2.45) is 5.10 Å². The molecule has 0 aliphatic carbocycles. The molecule has 2 aromatic rings. The van der Waals surface area contributed by atoms with Crippen LogP contribution in [0, 0.1) is 6.92 Å². The third kappa shape index (κ3) is 5.41. The highest BCUT2D eigenvalue weighted by Crippen LogP contribution is 2.21. The van der Waals surface area contributed by atoms with E-state index in [1.54, 1.807) is 0 Å². The fourth-order valence-electron chi connectivity index (χ4n) is 3.13. The van der Waals surface area contributed by atoms with Crippen molar-refractivity contribution in [3.05, 3.63) is 77.5 Å². The summed E-state index contributed by atoms with van der Waals surface area (Å²) in [7, 11) is 0. The van der Waals surface area contributed by atoms with Gasteiger partial charge in [0.1, 0.15) is 5.75 Å². The van der Waals surface area contributed by atoms with E-state index in [1.165, 1.54) is 30.5 Å². The maximum atomic E-state index is 11.2. The Bertz CT molecular complexity index is 931. The lowest BCUT2D eigenvalue weighted by molar-refractivity contribution is -0.152. The molecule has 0 bridgehead atoms. The van der Waals surface area contributed by atoms with Crippen molar-refractivity contribution in [1.29, 1.82) is 0 Å². The highest BCUT2D eigenvalue weighted by atomic mass is 16.5. The molecule has 158 valence electrons. The van der Waals surface area contributed by atoms with Gasteiger partial charge in [-0.05, 0) is 63.3 Å². The molecule has 0 fully saturated rings. The van der Waals surface area contributed by atoms with Crippen molar-refractivity contribution in [3.8, 4) is 5.75 Å². The third-order valence-electron chi connectivity index (χ3n) is 5.12. The predicted molar refractivity (Wildman–Crippen MR) is 118 cm³/mol. The number of aryl methyl sites for hydroxylation is 2. The van der Waals surface area contributed by atoms with Gasteiger partial charge >= 0.3 is 5.97 Å².